The highest BCUT2D eigenvalue weighted by atomic mass is 19.1. The fraction of sp³-hybridized carbons (Fsp3) is 0.400. The molecule has 7 heteroatoms. The largest absolute Gasteiger partial charge is 0.383 e. The number of carbonyl (C=O) groups excluding carboxylic acids is 1. The third kappa shape index (κ3) is 6.01. The van der Waals surface area contributed by atoms with Gasteiger partial charge >= 0.3 is 0 Å². The molecule has 27 heavy (non-hydrogen) atoms. The summed E-state index contributed by atoms with van der Waals surface area (Å²) in [6.07, 6.45) is 3.76. The summed E-state index contributed by atoms with van der Waals surface area (Å²) in [7, 11) is 0. The van der Waals surface area contributed by atoms with Crippen LogP contribution in [0, 0.1) is 5.82 Å². The van der Waals surface area contributed by atoms with Crippen molar-refractivity contribution in [1.82, 2.24) is 15.2 Å². The Morgan fingerprint density at radius 3 is 2.81 bits per heavy atom. The second-order valence-corrected chi connectivity index (χ2v) is 6.44. The van der Waals surface area contributed by atoms with Gasteiger partial charge in [0, 0.05) is 45.1 Å². The summed E-state index contributed by atoms with van der Waals surface area (Å²) in [6.45, 7) is 5.26. The number of nitrogens with zero attached hydrogens (tertiary/aromatic N) is 2. The average Bonchev–Trinajstić information content (AvgIpc) is 2.70. The summed E-state index contributed by atoms with van der Waals surface area (Å²) in [5, 5.41) is 6.12. The van der Waals surface area contributed by atoms with Crippen molar-refractivity contribution in [3.8, 4) is 0 Å². The Kier molecular flexibility index (Phi) is 7.12. The molecule has 0 aliphatic carbocycles. The van der Waals surface area contributed by atoms with Crippen molar-refractivity contribution in [3.63, 3.8) is 0 Å². The zero-order chi connectivity index (χ0) is 18.9. The number of amides is 1. The summed E-state index contributed by atoms with van der Waals surface area (Å²) in [5.74, 6) is -0.348. The third-order valence-corrected chi connectivity index (χ3v) is 4.50. The zero-order valence-electron chi connectivity index (χ0n) is 15.3. The molecule has 1 amide bonds. The van der Waals surface area contributed by atoms with Crippen molar-refractivity contribution in [3.05, 3.63) is 59.7 Å². The average molecular weight is 372 g/mol. The standard InChI is InChI=1S/C20H25FN4O2/c21-19-4-2-1-3-16(19)5-6-23-18-13-17(14-22-15-18)20(26)24-7-8-25-9-11-27-12-10-25/h1-4,13-15,23H,5-12H2,(H,24,26). The number of aromatic nitrogens is 1. The molecule has 0 unspecified atom stereocenters. The molecule has 1 saturated heterocycles. The minimum absolute atomic E-state index is 0.145. The van der Waals surface area contributed by atoms with Gasteiger partial charge in [0.2, 0.25) is 0 Å². The number of carbonyl (C=O) groups is 1. The van der Waals surface area contributed by atoms with Gasteiger partial charge in [-0.2, -0.15) is 0 Å². The Labute approximate surface area is 158 Å². The summed E-state index contributed by atoms with van der Waals surface area (Å²) in [6, 6.07) is 8.49. The second-order valence-electron chi connectivity index (χ2n) is 6.44. The molecule has 2 aromatic rings. The Morgan fingerprint density at radius 2 is 2.00 bits per heavy atom. The van der Waals surface area contributed by atoms with Gasteiger partial charge in [0.25, 0.3) is 5.91 Å². The number of rotatable bonds is 8. The van der Waals surface area contributed by atoms with Gasteiger partial charge in [-0.1, -0.05) is 18.2 Å². The van der Waals surface area contributed by atoms with Crippen LogP contribution >= 0.6 is 0 Å². The van der Waals surface area contributed by atoms with Crippen molar-refractivity contribution in [1.29, 1.82) is 0 Å². The molecule has 0 spiro atoms. The van der Waals surface area contributed by atoms with E-state index < -0.39 is 0 Å². The van der Waals surface area contributed by atoms with Gasteiger partial charge in [-0.15, -0.1) is 0 Å². The van der Waals surface area contributed by atoms with E-state index in [1.165, 1.54) is 6.07 Å². The molecule has 0 radical (unpaired) electrons. The lowest BCUT2D eigenvalue weighted by Crippen LogP contribution is -2.41. The van der Waals surface area contributed by atoms with Crippen molar-refractivity contribution in [2.75, 3.05) is 51.3 Å². The first-order valence-corrected chi connectivity index (χ1v) is 9.23. The van der Waals surface area contributed by atoms with Crippen LogP contribution in [-0.4, -0.2) is 61.7 Å². The normalized spacial score (nSPS) is 14.7. The molecule has 1 fully saturated rings. The third-order valence-electron chi connectivity index (χ3n) is 4.50. The predicted octanol–water partition coefficient (Wildman–Crippen LogP) is 1.94. The van der Waals surface area contributed by atoms with Crippen LogP contribution in [0.25, 0.3) is 0 Å². The number of anilines is 1. The zero-order valence-corrected chi connectivity index (χ0v) is 15.3. The van der Waals surface area contributed by atoms with Crippen molar-refractivity contribution < 1.29 is 13.9 Å². The molecule has 6 nitrogen and oxygen atoms in total. The van der Waals surface area contributed by atoms with E-state index in [0.29, 0.717) is 30.6 Å². The highest BCUT2D eigenvalue weighted by Crippen LogP contribution is 2.11. The molecule has 1 aromatic carbocycles. The van der Waals surface area contributed by atoms with E-state index in [2.05, 4.69) is 20.5 Å². The van der Waals surface area contributed by atoms with Gasteiger partial charge in [0.1, 0.15) is 5.82 Å². The van der Waals surface area contributed by atoms with Gasteiger partial charge in [0.05, 0.1) is 24.5 Å². The molecule has 2 N–H and O–H groups in total. The summed E-state index contributed by atoms with van der Waals surface area (Å²) >= 11 is 0. The first-order valence-electron chi connectivity index (χ1n) is 9.23. The highest BCUT2D eigenvalue weighted by Gasteiger charge is 2.11. The first kappa shape index (κ1) is 19.3. The molecule has 2 heterocycles. The maximum absolute atomic E-state index is 13.6. The molecule has 1 aliphatic heterocycles. The topological polar surface area (TPSA) is 66.5 Å². The predicted molar refractivity (Wildman–Crippen MR) is 102 cm³/mol. The smallest absolute Gasteiger partial charge is 0.252 e. The summed E-state index contributed by atoms with van der Waals surface area (Å²) in [4.78, 5) is 18.7. The molecule has 0 saturated carbocycles. The summed E-state index contributed by atoms with van der Waals surface area (Å²) in [5.41, 5.74) is 1.91. The van der Waals surface area contributed by atoms with Crippen LogP contribution in [0.3, 0.4) is 0 Å². The number of ether oxygens (including phenoxy) is 1. The Morgan fingerprint density at radius 1 is 1.19 bits per heavy atom. The Bertz CT molecular complexity index is 750. The van der Waals surface area contributed by atoms with Crippen LogP contribution < -0.4 is 10.6 Å². The lowest BCUT2D eigenvalue weighted by molar-refractivity contribution is 0.0383. The Hall–Kier alpha value is -2.51. The molecule has 1 aliphatic rings. The molecular weight excluding hydrogens is 347 g/mol. The fourth-order valence-corrected chi connectivity index (χ4v) is 2.96. The van der Waals surface area contributed by atoms with Crippen LogP contribution in [-0.2, 0) is 11.2 Å². The number of hydrogen-bond acceptors (Lipinski definition) is 5. The van der Waals surface area contributed by atoms with Gasteiger partial charge in [0.15, 0.2) is 0 Å². The number of nitrogens with one attached hydrogen (secondary N) is 2. The number of benzene rings is 1. The van der Waals surface area contributed by atoms with Gasteiger partial charge < -0.3 is 15.4 Å². The molecule has 0 atom stereocenters. The van der Waals surface area contributed by atoms with E-state index in [-0.39, 0.29) is 11.7 Å². The van der Waals surface area contributed by atoms with E-state index in [1.807, 2.05) is 6.07 Å². The second kappa shape index (κ2) is 9.99. The monoisotopic (exact) mass is 372 g/mol. The van der Waals surface area contributed by atoms with E-state index in [1.54, 1.807) is 30.6 Å². The van der Waals surface area contributed by atoms with Crippen molar-refractivity contribution in [2.45, 2.75) is 6.42 Å². The van der Waals surface area contributed by atoms with E-state index in [4.69, 9.17) is 4.74 Å². The van der Waals surface area contributed by atoms with Gasteiger partial charge in [-0.05, 0) is 24.1 Å². The molecule has 1 aromatic heterocycles. The lowest BCUT2D eigenvalue weighted by atomic mass is 10.1. The van der Waals surface area contributed by atoms with E-state index >= 15 is 0 Å². The molecule has 144 valence electrons. The lowest BCUT2D eigenvalue weighted by Gasteiger charge is -2.26. The first-order chi connectivity index (χ1) is 13.2. The van der Waals surface area contributed by atoms with Gasteiger partial charge in [-0.3, -0.25) is 14.7 Å². The number of morpholine rings is 1. The number of halogens is 1. The summed E-state index contributed by atoms with van der Waals surface area (Å²) < 4.78 is 18.9. The van der Waals surface area contributed by atoms with Crippen molar-refractivity contribution in [2.24, 2.45) is 0 Å². The van der Waals surface area contributed by atoms with Crippen LogP contribution in [0.5, 0.6) is 0 Å². The maximum Gasteiger partial charge on any atom is 0.252 e. The minimum Gasteiger partial charge on any atom is -0.383 e. The maximum atomic E-state index is 13.6. The fourth-order valence-electron chi connectivity index (χ4n) is 2.96. The van der Waals surface area contributed by atoms with E-state index in [0.717, 1.165) is 38.5 Å². The van der Waals surface area contributed by atoms with Crippen LogP contribution in [0.4, 0.5) is 10.1 Å². The Balaban J connectivity index is 1.44. The number of pyridine rings is 1. The van der Waals surface area contributed by atoms with E-state index in [9.17, 15) is 9.18 Å². The van der Waals surface area contributed by atoms with Gasteiger partial charge in [-0.25, -0.2) is 4.39 Å². The molecule has 0 bridgehead atoms. The number of hydrogen-bond donors (Lipinski definition) is 2. The van der Waals surface area contributed by atoms with Crippen LogP contribution in [0.15, 0.2) is 42.7 Å². The van der Waals surface area contributed by atoms with Crippen molar-refractivity contribution >= 4 is 11.6 Å². The highest BCUT2D eigenvalue weighted by molar-refractivity contribution is 5.94. The molecular formula is C20H25FN4O2. The SMILES string of the molecule is O=C(NCCN1CCOCC1)c1cncc(NCCc2ccccc2F)c1. The van der Waals surface area contributed by atoms with Crippen LogP contribution in [0.2, 0.25) is 0 Å². The quantitative estimate of drug-likeness (QED) is 0.741. The minimum atomic E-state index is -0.203. The van der Waals surface area contributed by atoms with Crippen LogP contribution in [0.1, 0.15) is 15.9 Å². The molecule has 3 rings (SSSR count).